The van der Waals surface area contributed by atoms with Gasteiger partial charge in [0.15, 0.2) is 0 Å². The first kappa shape index (κ1) is 21.6. The van der Waals surface area contributed by atoms with Gasteiger partial charge in [-0.15, -0.1) is 0 Å². The second-order valence-corrected chi connectivity index (χ2v) is 8.05. The molecule has 0 N–H and O–H groups in total. The first-order valence-electron chi connectivity index (χ1n) is 8.81. The summed E-state index contributed by atoms with van der Waals surface area (Å²) < 4.78 is 11.6. The van der Waals surface area contributed by atoms with Gasteiger partial charge in [0.05, 0.1) is 11.6 Å². The molecular weight excluding hydrogens is 474 g/mol. The van der Waals surface area contributed by atoms with Gasteiger partial charge in [0, 0.05) is 23.0 Å². The summed E-state index contributed by atoms with van der Waals surface area (Å²) in [7, 11) is 3.14. The average Bonchev–Trinajstić information content (AvgIpc) is 2.73. The van der Waals surface area contributed by atoms with E-state index in [-0.39, 0.29) is 12.5 Å². The van der Waals surface area contributed by atoms with Crippen molar-refractivity contribution in [2.24, 2.45) is 0 Å². The molecule has 0 unspecified atom stereocenters. The second kappa shape index (κ2) is 9.57. The number of methoxy groups -OCH3 is 1. The van der Waals surface area contributed by atoms with Gasteiger partial charge in [-0.1, -0.05) is 54.2 Å². The van der Waals surface area contributed by atoms with E-state index in [1.807, 2.05) is 54.6 Å². The molecule has 3 aromatic rings. The molecule has 0 aliphatic rings. The number of ether oxygens (including phenoxy) is 2. The van der Waals surface area contributed by atoms with Crippen molar-refractivity contribution in [1.29, 1.82) is 0 Å². The van der Waals surface area contributed by atoms with Gasteiger partial charge in [-0.3, -0.25) is 4.79 Å². The normalized spacial score (nSPS) is 10.6. The zero-order valence-corrected chi connectivity index (χ0v) is 19.1. The third kappa shape index (κ3) is 5.07. The van der Waals surface area contributed by atoms with Crippen LogP contribution in [0.4, 0.5) is 0 Å². The number of benzene rings is 3. The number of carbonyl (C=O) groups excluding carboxylic acids is 1. The fourth-order valence-electron chi connectivity index (χ4n) is 2.88. The molecule has 0 radical (unpaired) electrons. The lowest BCUT2D eigenvalue weighted by molar-refractivity contribution is -0.140. The Morgan fingerprint density at radius 3 is 2.52 bits per heavy atom. The number of hydrogen-bond acceptors (Lipinski definition) is 4. The van der Waals surface area contributed by atoms with E-state index in [9.17, 15) is 4.79 Å². The van der Waals surface area contributed by atoms with Crippen LogP contribution in [-0.2, 0) is 16.1 Å². The first-order valence-corrected chi connectivity index (χ1v) is 10.4. The van der Waals surface area contributed by atoms with Crippen LogP contribution in [0, 0.1) is 0 Å². The zero-order valence-electron chi connectivity index (χ0n) is 15.9. The Morgan fingerprint density at radius 2 is 1.83 bits per heavy atom. The van der Waals surface area contributed by atoms with E-state index in [1.165, 1.54) is 7.11 Å². The molecule has 29 heavy (non-hydrogen) atoms. The molecule has 0 bridgehead atoms. The molecule has 3 aromatic carbocycles. The van der Waals surface area contributed by atoms with Gasteiger partial charge in [-0.05, 0) is 51.1 Å². The number of esters is 1. The summed E-state index contributed by atoms with van der Waals surface area (Å²) >= 11 is 15.2. The summed E-state index contributed by atoms with van der Waals surface area (Å²) in [5.74, 6) is 0.396. The SMILES string of the molecule is COC(=O)CN(C)C(=S)c1cccc2c(Br)c(OCc3ccc(Cl)cc3)ccc12. The molecule has 0 spiro atoms. The Balaban J connectivity index is 1.86. The van der Waals surface area contributed by atoms with Gasteiger partial charge in [0.1, 0.15) is 23.9 Å². The van der Waals surface area contributed by atoms with E-state index >= 15 is 0 Å². The van der Waals surface area contributed by atoms with Crippen LogP contribution in [-0.4, -0.2) is 36.6 Å². The fourth-order valence-corrected chi connectivity index (χ4v) is 3.84. The van der Waals surface area contributed by atoms with E-state index < -0.39 is 0 Å². The molecule has 0 atom stereocenters. The summed E-state index contributed by atoms with van der Waals surface area (Å²) in [6, 6.07) is 17.3. The van der Waals surface area contributed by atoms with Crippen molar-refractivity contribution >= 4 is 61.5 Å². The summed E-state index contributed by atoms with van der Waals surface area (Å²) in [6.45, 7) is 0.524. The Morgan fingerprint density at radius 1 is 1.10 bits per heavy atom. The number of nitrogens with zero attached hydrogens (tertiary/aromatic N) is 1. The highest BCUT2D eigenvalue weighted by Crippen LogP contribution is 2.35. The van der Waals surface area contributed by atoms with Crippen molar-refractivity contribution in [3.63, 3.8) is 0 Å². The van der Waals surface area contributed by atoms with Crippen LogP contribution in [0.3, 0.4) is 0 Å². The van der Waals surface area contributed by atoms with Crippen LogP contribution in [0.5, 0.6) is 5.75 Å². The maximum absolute atomic E-state index is 11.6. The van der Waals surface area contributed by atoms with Crippen molar-refractivity contribution < 1.29 is 14.3 Å². The maximum Gasteiger partial charge on any atom is 0.325 e. The largest absolute Gasteiger partial charge is 0.488 e. The Hall–Kier alpha value is -2.15. The molecule has 0 fully saturated rings. The Bertz CT molecular complexity index is 1060. The molecule has 3 rings (SSSR count). The Kier molecular flexibility index (Phi) is 7.11. The summed E-state index contributed by atoms with van der Waals surface area (Å²) in [5, 5.41) is 2.64. The number of hydrogen-bond donors (Lipinski definition) is 0. The number of rotatable bonds is 6. The van der Waals surface area contributed by atoms with Gasteiger partial charge in [-0.2, -0.15) is 0 Å². The van der Waals surface area contributed by atoms with Crippen molar-refractivity contribution in [3.8, 4) is 5.75 Å². The smallest absolute Gasteiger partial charge is 0.325 e. The van der Waals surface area contributed by atoms with Gasteiger partial charge in [0.2, 0.25) is 0 Å². The standard InChI is InChI=1S/C22H19BrClNO3S/c1-25(12-20(26)27-2)22(29)18-5-3-4-17-16(18)10-11-19(21(17)23)28-13-14-6-8-15(24)9-7-14/h3-11H,12-13H2,1-2H3. The molecule has 4 nitrogen and oxygen atoms in total. The molecule has 0 heterocycles. The molecule has 0 aliphatic heterocycles. The van der Waals surface area contributed by atoms with E-state index in [1.54, 1.807) is 11.9 Å². The number of fused-ring (bicyclic) bond motifs is 1. The monoisotopic (exact) mass is 491 g/mol. The number of thiocarbonyl (C=S) groups is 1. The highest BCUT2D eigenvalue weighted by molar-refractivity contribution is 9.10. The van der Waals surface area contributed by atoms with E-state index in [0.717, 1.165) is 32.1 Å². The lowest BCUT2D eigenvalue weighted by Crippen LogP contribution is -2.32. The Labute approximate surface area is 188 Å². The van der Waals surface area contributed by atoms with Crippen LogP contribution in [0.1, 0.15) is 11.1 Å². The molecule has 7 heteroatoms. The van der Waals surface area contributed by atoms with Crippen LogP contribution < -0.4 is 4.74 Å². The highest BCUT2D eigenvalue weighted by Gasteiger charge is 2.16. The van der Waals surface area contributed by atoms with Crippen LogP contribution in [0.15, 0.2) is 59.1 Å². The predicted octanol–water partition coefficient (Wildman–Crippen LogP) is 5.62. The van der Waals surface area contributed by atoms with E-state index in [4.69, 9.17) is 33.3 Å². The minimum atomic E-state index is -0.339. The second-order valence-electron chi connectivity index (χ2n) is 6.43. The van der Waals surface area contributed by atoms with Gasteiger partial charge < -0.3 is 14.4 Å². The minimum Gasteiger partial charge on any atom is -0.488 e. The van der Waals surface area contributed by atoms with Crippen molar-refractivity contribution in [2.45, 2.75) is 6.61 Å². The maximum atomic E-state index is 11.6. The third-order valence-electron chi connectivity index (χ3n) is 4.44. The molecule has 0 saturated carbocycles. The fraction of sp³-hybridized carbons (Fsp3) is 0.182. The predicted molar refractivity (Wildman–Crippen MR) is 124 cm³/mol. The van der Waals surface area contributed by atoms with Crippen molar-refractivity contribution in [1.82, 2.24) is 4.90 Å². The summed E-state index contributed by atoms with van der Waals surface area (Å²) in [6.07, 6.45) is 0. The first-order chi connectivity index (χ1) is 13.9. The average molecular weight is 493 g/mol. The number of likely N-dealkylation sites (N-methyl/N-ethyl adjacent to an activating group) is 1. The van der Waals surface area contributed by atoms with Crippen LogP contribution >= 0.6 is 39.7 Å². The minimum absolute atomic E-state index is 0.0924. The number of halogens is 2. The lowest BCUT2D eigenvalue weighted by Gasteiger charge is -2.20. The zero-order chi connectivity index (χ0) is 21.0. The van der Waals surface area contributed by atoms with Crippen LogP contribution in [0.2, 0.25) is 5.02 Å². The van der Waals surface area contributed by atoms with E-state index in [0.29, 0.717) is 16.6 Å². The van der Waals surface area contributed by atoms with E-state index in [2.05, 4.69) is 15.9 Å². The summed E-state index contributed by atoms with van der Waals surface area (Å²) in [5.41, 5.74) is 1.90. The molecule has 0 aromatic heterocycles. The molecule has 0 aliphatic carbocycles. The summed E-state index contributed by atoms with van der Waals surface area (Å²) in [4.78, 5) is 13.8. The van der Waals surface area contributed by atoms with Gasteiger partial charge in [-0.25, -0.2) is 0 Å². The van der Waals surface area contributed by atoms with Crippen molar-refractivity contribution in [2.75, 3.05) is 20.7 Å². The van der Waals surface area contributed by atoms with Gasteiger partial charge in [0.25, 0.3) is 0 Å². The molecule has 150 valence electrons. The highest BCUT2D eigenvalue weighted by atomic mass is 79.9. The molecular formula is C22H19BrClNO3S. The topological polar surface area (TPSA) is 38.8 Å². The van der Waals surface area contributed by atoms with Gasteiger partial charge >= 0.3 is 5.97 Å². The molecule has 0 saturated heterocycles. The number of carbonyl (C=O) groups is 1. The van der Waals surface area contributed by atoms with Crippen LogP contribution in [0.25, 0.3) is 10.8 Å². The molecule has 0 amide bonds. The quantitative estimate of drug-likeness (QED) is 0.330. The third-order valence-corrected chi connectivity index (χ3v) is 6.04. The lowest BCUT2D eigenvalue weighted by atomic mass is 10.0. The van der Waals surface area contributed by atoms with Crippen molar-refractivity contribution in [3.05, 3.63) is 75.2 Å².